The van der Waals surface area contributed by atoms with E-state index in [0.717, 1.165) is 23.5 Å². The summed E-state index contributed by atoms with van der Waals surface area (Å²) < 4.78 is 0. The lowest BCUT2D eigenvalue weighted by Gasteiger charge is -2.46. The Balaban J connectivity index is 1.15. The van der Waals surface area contributed by atoms with Crippen LogP contribution in [0.4, 0.5) is 51.2 Å². The number of fused-ring (bicyclic) bond motifs is 9. The quantitative estimate of drug-likeness (QED) is 0.159. The molecular formula is C71H74BN3. The Hall–Kier alpha value is -6.78. The van der Waals surface area contributed by atoms with Crippen LogP contribution < -0.4 is 31.1 Å². The number of aryl methyl sites for hydroxylation is 1. The maximum absolute atomic E-state index is 2.70. The normalized spacial score (nSPS) is 18.3. The minimum Gasteiger partial charge on any atom is -0.311 e. The van der Waals surface area contributed by atoms with Gasteiger partial charge in [0.05, 0.1) is 0 Å². The largest absolute Gasteiger partial charge is 0.311 e. The number of rotatable bonds is 5. The number of hydrogen-bond acceptors (Lipinski definition) is 3. The van der Waals surface area contributed by atoms with E-state index < -0.39 is 0 Å². The average molecular weight is 980 g/mol. The summed E-state index contributed by atoms with van der Waals surface area (Å²) in [4.78, 5) is 7.81. The first kappa shape index (κ1) is 47.9. The van der Waals surface area contributed by atoms with Crippen LogP contribution in [0.3, 0.4) is 0 Å². The SMILES string of the molecule is Cc1cc2c3c(c1)N(c1ccc4c(c1)C(C)(C)CCC4(C)C)c1cc4c(cc1B3c1ccc(N(c3ccccc3)c3ccccc3)cc1N2c1cc2c(c(C(C)(C)C)c1)C(C)(C)c1ccccc1-2)C(C)(C)CC4(C)C. The van der Waals surface area contributed by atoms with Crippen LogP contribution in [0.2, 0.25) is 0 Å². The first-order chi connectivity index (χ1) is 35.5. The molecule has 0 N–H and O–H groups in total. The molecule has 376 valence electrons. The van der Waals surface area contributed by atoms with Crippen LogP contribution >= 0.6 is 0 Å². The third-order valence-electron chi connectivity index (χ3n) is 18.8. The van der Waals surface area contributed by atoms with Crippen molar-refractivity contribution in [1.29, 1.82) is 0 Å². The van der Waals surface area contributed by atoms with Gasteiger partial charge in [-0.3, -0.25) is 0 Å². The van der Waals surface area contributed by atoms with Crippen LogP contribution in [0.25, 0.3) is 11.1 Å². The molecule has 0 fully saturated rings. The highest BCUT2D eigenvalue weighted by molar-refractivity contribution is 7.00. The van der Waals surface area contributed by atoms with Crippen LogP contribution in [0.15, 0.2) is 158 Å². The number of para-hydroxylation sites is 2. The van der Waals surface area contributed by atoms with Crippen LogP contribution in [0.5, 0.6) is 0 Å². The smallest absolute Gasteiger partial charge is 0.252 e. The summed E-state index contributed by atoms with van der Waals surface area (Å²) in [5.74, 6) is 0. The van der Waals surface area contributed by atoms with Crippen molar-refractivity contribution in [3.63, 3.8) is 0 Å². The molecule has 3 aliphatic carbocycles. The lowest BCUT2D eigenvalue weighted by molar-refractivity contribution is 0.332. The van der Waals surface area contributed by atoms with Gasteiger partial charge in [-0.1, -0.05) is 169 Å². The summed E-state index contributed by atoms with van der Waals surface area (Å²) in [6.45, 7) is 34.2. The number of hydrogen-bond donors (Lipinski definition) is 0. The Morgan fingerprint density at radius 3 is 1.64 bits per heavy atom. The minimum atomic E-state index is -0.148. The Kier molecular flexibility index (Phi) is 10.1. The molecule has 4 heteroatoms. The van der Waals surface area contributed by atoms with Crippen molar-refractivity contribution >= 4 is 74.3 Å². The standard InChI is InChI=1S/C71H74BN3/c1-44-35-62-65-63(36-44)75(49-37-51-50-27-21-22-28-52(50)71(13,14)64(51)57(39-49)66(2,3)4)60-40-48(73(45-23-17-15-18-24-45)46-25-19-16-20-26-46)30-32-58(60)72(65)59-41-55-56(70(11,12)43-69(55,9)10)42-61(59)74(62)47-29-31-53-54(38-47)68(7,8)34-33-67(53,5)6/h15-32,35-42H,33-34,43H2,1-14H3. The molecule has 0 radical (unpaired) electrons. The molecule has 0 atom stereocenters. The predicted octanol–water partition coefficient (Wildman–Crippen LogP) is 17.5. The topological polar surface area (TPSA) is 9.72 Å². The summed E-state index contributed by atoms with van der Waals surface area (Å²) in [5, 5.41) is 0. The van der Waals surface area contributed by atoms with Gasteiger partial charge in [-0.2, -0.15) is 0 Å². The van der Waals surface area contributed by atoms with Gasteiger partial charge < -0.3 is 14.7 Å². The Bertz CT molecular complexity index is 3640. The highest BCUT2D eigenvalue weighted by Gasteiger charge is 2.49. The Morgan fingerprint density at radius 1 is 0.440 bits per heavy atom. The van der Waals surface area contributed by atoms with Gasteiger partial charge in [-0.25, -0.2) is 0 Å². The van der Waals surface area contributed by atoms with Crippen LogP contribution in [-0.2, 0) is 32.5 Å². The minimum absolute atomic E-state index is 0.0157. The van der Waals surface area contributed by atoms with E-state index in [4.69, 9.17) is 0 Å². The molecular weight excluding hydrogens is 906 g/mol. The van der Waals surface area contributed by atoms with E-state index in [1.165, 1.54) is 119 Å². The summed E-state index contributed by atoms with van der Waals surface area (Å²) in [6, 6.07) is 61.4. The Labute approximate surface area is 448 Å². The molecule has 0 amide bonds. The first-order valence-electron chi connectivity index (χ1n) is 27.9. The average Bonchev–Trinajstić information content (AvgIpc) is 3.71. The first-order valence-corrected chi connectivity index (χ1v) is 27.9. The molecule has 75 heavy (non-hydrogen) atoms. The molecule has 0 spiro atoms. The predicted molar refractivity (Wildman–Crippen MR) is 322 cm³/mol. The van der Waals surface area contributed by atoms with E-state index in [1.54, 1.807) is 0 Å². The van der Waals surface area contributed by atoms with Gasteiger partial charge in [0.2, 0.25) is 0 Å². The van der Waals surface area contributed by atoms with Crippen molar-refractivity contribution in [3.8, 4) is 11.1 Å². The van der Waals surface area contributed by atoms with Crippen LogP contribution in [-0.4, -0.2) is 6.71 Å². The van der Waals surface area contributed by atoms with E-state index in [9.17, 15) is 0 Å². The second-order valence-electron chi connectivity index (χ2n) is 27.3. The maximum Gasteiger partial charge on any atom is 0.252 e. The van der Waals surface area contributed by atoms with Gasteiger partial charge in [0, 0.05) is 56.6 Å². The number of benzene rings is 8. The van der Waals surface area contributed by atoms with Crippen molar-refractivity contribution in [1.82, 2.24) is 0 Å². The number of anilines is 9. The molecule has 0 bridgehead atoms. The molecule has 2 aliphatic heterocycles. The molecule has 0 unspecified atom stereocenters. The van der Waals surface area contributed by atoms with Gasteiger partial charge >= 0.3 is 0 Å². The van der Waals surface area contributed by atoms with E-state index in [0.29, 0.717) is 0 Å². The lowest BCUT2D eigenvalue weighted by Crippen LogP contribution is -2.61. The van der Waals surface area contributed by atoms with Gasteiger partial charge in [0.25, 0.3) is 6.71 Å². The highest BCUT2D eigenvalue weighted by atomic mass is 15.2. The summed E-state index contributed by atoms with van der Waals surface area (Å²) in [5.41, 5.74) is 29.1. The molecule has 5 aliphatic rings. The van der Waals surface area contributed by atoms with Crippen molar-refractivity contribution in [2.45, 2.75) is 149 Å². The molecule has 0 saturated heterocycles. The fraction of sp³-hybridized carbons (Fsp3) is 0.324. The van der Waals surface area contributed by atoms with E-state index >= 15 is 0 Å². The molecule has 0 saturated carbocycles. The molecule has 2 heterocycles. The second kappa shape index (κ2) is 15.9. The van der Waals surface area contributed by atoms with Gasteiger partial charge in [-0.05, 0) is 204 Å². The zero-order chi connectivity index (χ0) is 52.5. The van der Waals surface area contributed by atoms with Crippen molar-refractivity contribution < 1.29 is 0 Å². The van der Waals surface area contributed by atoms with Crippen LogP contribution in [0.1, 0.15) is 154 Å². The second-order valence-corrected chi connectivity index (χ2v) is 27.3. The van der Waals surface area contributed by atoms with Gasteiger partial charge in [0.1, 0.15) is 0 Å². The number of nitrogens with zero attached hydrogens (tertiary/aromatic N) is 3. The third-order valence-corrected chi connectivity index (χ3v) is 18.8. The zero-order valence-electron chi connectivity index (χ0n) is 47.1. The monoisotopic (exact) mass is 980 g/mol. The molecule has 8 aromatic carbocycles. The molecule has 8 aromatic rings. The maximum atomic E-state index is 2.70. The molecule has 13 rings (SSSR count). The summed E-state index contributed by atoms with van der Waals surface area (Å²) >= 11 is 0. The van der Waals surface area contributed by atoms with E-state index in [2.05, 4.69) is 269 Å². The fourth-order valence-corrected chi connectivity index (χ4v) is 15.2. The van der Waals surface area contributed by atoms with E-state index in [-0.39, 0.29) is 39.2 Å². The molecule has 0 aromatic heterocycles. The van der Waals surface area contributed by atoms with Gasteiger partial charge in [0.15, 0.2) is 0 Å². The summed E-state index contributed by atoms with van der Waals surface area (Å²) in [7, 11) is 0. The summed E-state index contributed by atoms with van der Waals surface area (Å²) in [6.07, 6.45) is 3.47. The van der Waals surface area contributed by atoms with Crippen molar-refractivity contribution in [2.75, 3.05) is 14.7 Å². The molecule has 3 nitrogen and oxygen atoms in total. The van der Waals surface area contributed by atoms with Gasteiger partial charge in [-0.15, -0.1) is 0 Å². The van der Waals surface area contributed by atoms with Crippen LogP contribution in [0, 0.1) is 6.92 Å². The lowest BCUT2D eigenvalue weighted by atomic mass is 9.33. The van der Waals surface area contributed by atoms with Crippen molar-refractivity contribution in [2.24, 2.45) is 0 Å². The van der Waals surface area contributed by atoms with Crippen molar-refractivity contribution in [3.05, 3.63) is 202 Å². The fourth-order valence-electron chi connectivity index (χ4n) is 15.2. The van der Waals surface area contributed by atoms with E-state index in [1.807, 2.05) is 0 Å². The Morgan fingerprint density at radius 2 is 1.00 bits per heavy atom. The third kappa shape index (κ3) is 7.06. The zero-order valence-corrected chi connectivity index (χ0v) is 47.1. The highest BCUT2D eigenvalue weighted by Crippen LogP contribution is 2.57.